The number of fused-ring (bicyclic) bond motifs is 1. The second kappa shape index (κ2) is 12.0. The molecule has 0 aliphatic carbocycles. The summed E-state index contributed by atoms with van der Waals surface area (Å²) < 4.78 is 36.7. The van der Waals surface area contributed by atoms with Crippen LogP contribution in [0.25, 0.3) is 0 Å². The molecule has 1 unspecified atom stereocenters. The van der Waals surface area contributed by atoms with Crippen molar-refractivity contribution in [3.8, 4) is 5.75 Å². The van der Waals surface area contributed by atoms with Gasteiger partial charge < -0.3 is 20.1 Å². The van der Waals surface area contributed by atoms with Gasteiger partial charge in [-0.05, 0) is 24.1 Å². The van der Waals surface area contributed by atoms with E-state index in [1.54, 1.807) is 32.4 Å². The zero-order valence-electron chi connectivity index (χ0n) is 17.0. The third-order valence-corrected chi connectivity index (χ3v) is 4.47. The number of ether oxygens (including phenoxy) is 2. The van der Waals surface area contributed by atoms with Crippen molar-refractivity contribution < 1.29 is 18.3 Å². The molecule has 0 spiro atoms. The summed E-state index contributed by atoms with van der Waals surface area (Å²) in [7, 11) is 3.33. The van der Waals surface area contributed by atoms with E-state index in [0.29, 0.717) is 37.2 Å². The second-order valence-corrected chi connectivity index (χ2v) is 6.71. The molecule has 2 aromatic rings. The molecule has 30 heavy (non-hydrogen) atoms. The minimum absolute atomic E-state index is 0. The highest BCUT2D eigenvalue weighted by Gasteiger charge is 2.22. The first-order chi connectivity index (χ1) is 14.1. The quantitative estimate of drug-likeness (QED) is 0.306. The number of hydrogen-bond acceptors (Lipinski definition) is 5. The Morgan fingerprint density at radius 1 is 1.40 bits per heavy atom. The number of methoxy groups -OCH3 is 1. The van der Waals surface area contributed by atoms with E-state index in [4.69, 9.17) is 9.47 Å². The molecule has 11 heteroatoms. The van der Waals surface area contributed by atoms with Crippen LogP contribution in [0, 0.1) is 0 Å². The molecule has 8 nitrogen and oxygen atoms in total. The molecule has 2 N–H and O–H groups in total. The highest BCUT2D eigenvalue weighted by atomic mass is 127. The summed E-state index contributed by atoms with van der Waals surface area (Å²) >= 11 is 0. The highest BCUT2D eigenvalue weighted by molar-refractivity contribution is 14.0. The van der Waals surface area contributed by atoms with Crippen LogP contribution in [0.5, 0.6) is 5.75 Å². The van der Waals surface area contributed by atoms with Crippen molar-refractivity contribution in [3.05, 3.63) is 41.5 Å². The van der Waals surface area contributed by atoms with Gasteiger partial charge in [-0.3, -0.25) is 4.99 Å². The SMILES string of the molecule is CN=C(NCc1cccc(OCC(F)F)c1)NC1CCc2nc(COC)nn2C1.I. The maximum Gasteiger partial charge on any atom is 0.272 e. The smallest absolute Gasteiger partial charge is 0.272 e. The van der Waals surface area contributed by atoms with Gasteiger partial charge in [-0.15, -0.1) is 24.0 Å². The van der Waals surface area contributed by atoms with E-state index >= 15 is 0 Å². The molecule has 0 saturated heterocycles. The molecule has 0 saturated carbocycles. The van der Waals surface area contributed by atoms with Crippen LogP contribution >= 0.6 is 24.0 Å². The van der Waals surface area contributed by atoms with Gasteiger partial charge in [0.15, 0.2) is 11.8 Å². The first-order valence-electron chi connectivity index (χ1n) is 9.46. The molecule has 1 aromatic heterocycles. The summed E-state index contributed by atoms with van der Waals surface area (Å²) in [5, 5.41) is 11.1. The molecular formula is C19H27F2IN6O2. The van der Waals surface area contributed by atoms with Crippen molar-refractivity contribution in [1.82, 2.24) is 25.4 Å². The largest absolute Gasteiger partial charge is 0.488 e. The summed E-state index contributed by atoms with van der Waals surface area (Å²) in [6.45, 7) is 0.980. The van der Waals surface area contributed by atoms with E-state index in [2.05, 4.69) is 25.7 Å². The fraction of sp³-hybridized carbons (Fsp3) is 0.526. The molecule has 1 aromatic carbocycles. The fourth-order valence-electron chi connectivity index (χ4n) is 3.15. The van der Waals surface area contributed by atoms with E-state index in [1.165, 1.54) is 0 Å². The van der Waals surface area contributed by atoms with E-state index in [1.807, 2.05) is 10.7 Å². The number of hydrogen-bond donors (Lipinski definition) is 2. The third kappa shape index (κ3) is 7.04. The summed E-state index contributed by atoms with van der Waals surface area (Å²) in [6, 6.07) is 7.25. The molecule has 3 rings (SSSR count). The van der Waals surface area contributed by atoms with Crippen LogP contribution in [0.15, 0.2) is 29.3 Å². The molecule has 1 atom stereocenters. The molecule has 1 aliphatic rings. The number of alkyl halides is 2. The molecule has 0 fully saturated rings. The highest BCUT2D eigenvalue weighted by Crippen LogP contribution is 2.15. The molecule has 0 bridgehead atoms. The van der Waals surface area contributed by atoms with Gasteiger partial charge in [0.1, 0.15) is 24.8 Å². The Bertz CT molecular complexity index is 833. The van der Waals surface area contributed by atoms with Crippen LogP contribution < -0.4 is 15.4 Å². The van der Waals surface area contributed by atoms with Crippen molar-refractivity contribution in [2.75, 3.05) is 20.8 Å². The Kier molecular flexibility index (Phi) is 9.69. The predicted octanol–water partition coefficient (Wildman–Crippen LogP) is 2.37. The molecular weight excluding hydrogens is 509 g/mol. The number of benzene rings is 1. The Balaban J connectivity index is 0.00000320. The lowest BCUT2D eigenvalue weighted by atomic mass is 10.1. The van der Waals surface area contributed by atoms with E-state index < -0.39 is 13.0 Å². The molecule has 166 valence electrons. The average Bonchev–Trinajstić information content (AvgIpc) is 3.11. The van der Waals surface area contributed by atoms with Gasteiger partial charge in [0.25, 0.3) is 6.43 Å². The lowest BCUT2D eigenvalue weighted by molar-refractivity contribution is 0.0818. The van der Waals surface area contributed by atoms with Gasteiger partial charge in [-0.25, -0.2) is 18.4 Å². The summed E-state index contributed by atoms with van der Waals surface area (Å²) in [4.78, 5) is 8.75. The monoisotopic (exact) mass is 536 g/mol. The van der Waals surface area contributed by atoms with Crippen LogP contribution in [-0.2, 0) is 30.9 Å². The summed E-state index contributed by atoms with van der Waals surface area (Å²) in [6.07, 6.45) is -0.746. The van der Waals surface area contributed by atoms with Crippen molar-refractivity contribution >= 4 is 29.9 Å². The molecule has 0 radical (unpaired) electrons. The number of nitrogens with one attached hydrogen (secondary N) is 2. The third-order valence-electron chi connectivity index (χ3n) is 4.47. The Hall–Kier alpha value is -2.02. The van der Waals surface area contributed by atoms with E-state index in [-0.39, 0.29) is 30.0 Å². The van der Waals surface area contributed by atoms with Crippen molar-refractivity contribution in [2.45, 2.75) is 45.0 Å². The van der Waals surface area contributed by atoms with Crippen LogP contribution in [0.4, 0.5) is 8.78 Å². The van der Waals surface area contributed by atoms with Crippen molar-refractivity contribution in [2.24, 2.45) is 4.99 Å². The fourth-order valence-corrected chi connectivity index (χ4v) is 3.15. The van der Waals surface area contributed by atoms with Crippen LogP contribution in [0.2, 0.25) is 0 Å². The minimum atomic E-state index is -2.49. The van der Waals surface area contributed by atoms with Gasteiger partial charge in [0.05, 0.1) is 6.54 Å². The number of guanidine groups is 1. The lowest BCUT2D eigenvalue weighted by Crippen LogP contribution is -2.46. The van der Waals surface area contributed by atoms with Crippen molar-refractivity contribution in [1.29, 1.82) is 0 Å². The first-order valence-corrected chi connectivity index (χ1v) is 9.46. The minimum Gasteiger partial charge on any atom is -0.488 e. The topological polar surface area (TPSA) is 85.6 Å². The van der Waals surface area contributed by atoms with E-state index in [0.717, 1.165) is 24.2 Å². The van der Waals surface area contributed by atoms with Crippen LogP contribution in [0.1, 0.15) is 23.6 Å². The maximum absolute atomic E-state index is 12.3. The van der Waals surface area contributed by atoms with Crippen LogP contribution in [0.3, 0.4) is 0 Å². The van der Waals surface area contributed by atoms with Gasteiger partial charge in [0, 0.05) is 33.2 Å². The van der Waals surface area contributed by atoms with Gasteiger partial charge in [-0.1, -0.05) is 12.1 Å². The molecule has 0 amide bonds. The predicted molar refractivity (Wildman–Crippen MR) is 120 cm³/mol. The number of aromatic nitrogens is 3. The maximum atomic E-state index is 12.3. The number of rotatable bonds is 8. The number of aliphatic imine (C=N–C) groups is 1. The lowest BCUT2D eigenvalue weighted by Gasteiger charge is -2.25. The Labute approximate surface area is 191 Å². The van der Waals surface area contributed by atoms with Crippen LogP contribution in [-0.4, -0.2) is 54.0 Å². The Morgan fingerprint density at radius 3 is 2.97 bits per heavy atom. The first kappa shape index (κ1) is 24.3. The number of nitrogens with zero attached hydrogens (tertiary/aromatic N) is 4. The van der Waals surface area contributed by atoms with Crippen molar-refractivity contribution in [3.63, 3.8) is 0 Å². The summed E-state index contributed by atoms with van der Waals surface area (Å²) in [5.74, 6) is 2.75. The average molecular weight is 536 g/mol. The zero-order chi connectivity index (χ0) is 20.6. The van der Waals surface area contributed by atoms with E-state index in [9.17, 15) is 8.78 Å². The summed E-state index contributed by atoms with van der Waals surface area (Å²) in [5.41, 5.74) is 0.908. The Morgan fingerprint density at radius 2 is 2.23 bits per heavy atom. The van der Waals surface area contributed by atoms with Gasteiger partial charge in [-0.2, -0.15) is 5.10 Å². The number of aryl methyl sites for hydroxylation is 1. The molecule has 1 aliphatic heterocycles. The molecule has 2 heterocycles. The van der Waals surface area contributed by atoms with Gasteiger partial charge in [0.2, 0.25) is 0 Å². The second-order valence-electron chi connectivity index (χ2n) is 6.71. The standard InChI is InChI=1S/C19H26F2N6O2.HI/c1-22-19(23-9-13-4-3-5-15(8-13)29-11-16(20)21)24-14-6-7-18-25-17(12-28-2)26-27(18)10-14;/h3-5,8,14,16H,6-7,9-12H2,1-2H3,(H2,22,23,24);1H. The van der Waals surface area contributed by atoms with Gasteiger partial charge >= 0.3 is 0 Å². The normalized spacial score (nSPS) is 16.0. The zero-order valence-corrected chi connectivity index (χ0v) is 19.3. The number of halogens is 3.